The van der Waals surface area contributed by atoms with E-state index in [2.05, 4.69) is 9.97 Å². The van der Waals surface area contributed by atoms with Gasteiger partial charge >= 0.3 is 0 Å². The second-order valence-corrected chi connectivity index (χ2v) is 5.08. The van der Waals surface area contributed by atoms with Gasteiger partial charge in [-0.1, -0.05) is 23.7 Å². The van der Waals surface area contributed by atoms with Crippen LogP contribution in [0.4, 0.5) is 0 Å². The fraction of sp³-hybridized carbons (Fsp3) is 0.143. The Morgan fingerprint density at radius 1 is 1.21 bits per heavy atom. The fourth-order valence-electron chi connectivity index (χ4n) is 2.16. The van der Waals surface area contributed by atoms with Gasteiger partial charge in [-0.2, -0.15) is 0 Å². The smallest absolute Gasteiger partial charge is 0.178 e. The second kappa shape index (κ2) is 5.15. The zero-order chi connectivity index (χ0) is 13.2. The lowest BCUT2D eigenvalue weighted by Crippen LogP contribution is -2.02. The molecule has 0 fully saturated rings. The Morgan fingerprint density at radius 2 is 2.11 bits per heavy atom. The molecule has 19 heavy (non-hydrogen) atoms. The molecule has 0 radical (unpaired) electrons. The van der Waals surface area contributed by atoms with Crippen molar-refractivity contribution in [1.29, 1.82) is 0 Å². The Hall–Kier alpha value is -1.65. The predicted octanol–water partition coefficient (Wildman–Crippen LogP) is 3.99. The van der Waals surface area contributed by atoms with Gasteiger partial charge in [-0.25, -0.2) is 0 Å². The van der Waals surface area contributed by atoms with Crippen molar-refractivity contribution in [2.45, 2.75) is 13.0 Å². The summed E-state index contributed by atoms with van der Waals surface area (Å²) in [5.74, 6) is 0. The number of halogens is 1. The second-order valence-electron chi connectivity index (χ2n) is 4.29. The zero-order valence-corrected chi connectivity index (χ0v) is 11.7. The van der Waals surface area contributed by atoms with Crippen LogP contribution in [-0.2, 0) is 13.0 Å². The number of benzene rings is 1. The Kier molecular flexibility index (Phi) is 3.36. The van der Waals surface area contributed by atoms with Gasteiger partial charge in [-0.05, 0) is 36.5 Å². The molecule has 2 heterocycles. The number of nitrogens with zero attached hydrogens (tertiary/aromatic N) is 2. The van der Waals surface area contributed by atoms with Crippen LogP contribution in [0.5, 0.6) is 0 Å². The third-order valence-corrected chi connectivity index (χ3v) is 3.69. The number of aryl methyl sites for hydroxylation is 2. The fourth-order valence-corrected chi connectivity index (χ4v) is 2.73. The lowest BCUT2D eigenvalue weighted by molar-refractivity contribution is 0.695. The number of pyridine rings is 1. The molecule has 0 saturated heterocycles. The number of fused-ring (bicyclic) bond motifs is 1. The van der Waals surface area contributed by atoms with E-state index in [0.29, 0.717) is 9.79 Å². The maximum atomic E-state index is 6.25. The highest BCUT2D eigenvalue weighted by Gasteiger charge is 2.07. The minimum atomic E-state index is 0.694. The Labute approximate surface area is 120 Å². The number of nitrogens with one attached hydrogen (secondary N) is 1. The molecule has 2 aromatic heterocycles. The molecule has 0 spiro atoms. The molecule has 3 rings (SSSR count). The van der Waals surface area contributed by atoms with Crippen molar-refractivity contribution < 1.29 is 0 Å². The minimum Gasteiger partial charge on any atom is -0.331 e. The van der Waals surface area contributed by atoms with Crippen molar-refractivity contribution in [2.75, 3.05) is 0 Å². The van der Waals surface area contributed by atoms with Crippen molar-refractivity contribution in [1.82, 2.24) is 14.5 Å². The van der Waals surface area contributed by atoms with Gasteiger partial charge in [0.25, 0.3) is 0 Å². The molecule has 1 N–H and O–H groups in total. The zero-order valence-electron chi connectivity index (χ0n) is 10.1. The average Bonchev–Trinajstić information content (AvgIpc) is 2.75. The van der Waals surface area contributed by atoms with Crippen LogP contribution < -0.4 is 0 Å². The van der Waals surface area contributed by atoms with Crippen LogP contribution in [0.15, 0.2) is 42.6 Å². The van der Waals surface area contributed by atoms with Crippen LogP contribution in [0.1, 0.15) is 5.69 Å². The highest BCUT2D eigenvalue weighted by molar-refractivity contribution is 7.71. The molecule has 5 heteroatoms. The van der Waals surface area contributed by atoms with Gasteiger partial charge in [-0.3, -0.25) is 4.98 Å². The van der Waals surface area contributed by atoms with E-state index < -0.39 is 0 Å². The van der Waals surface area contributed by atoms with Crippen molar-refractivity contribution in [3.8, 4) is 0 Å². The number of aromatic amines is 1. The van der Waals surface area contributed by atoms with E-state index in [1.54, 1.807) is 6.20 Å². The lowest BCUT2D eigenvalue weighted by atomic mass is 10.2. The molecule has 96 valence electrons. The quantitative estimate of drug-likeness (QED) is 0.740. The molecular formula is C14H12ClN3S. The van der Waals surface area contributed by atoms with E-state index in [4.69, 9.17) is 23.8 Å². The van der Waals surface area contributed by atoms with Crippen LogP contribution >= 0.6 is 23.8 Å². The largest absolute Gasteiger partial charge is 0.331 e. The summed E-state index contributed by atoms with van der Waals surface area (Å²) < 4.78 is 2.72. The van der Waals surface area contributed by atoms with Gasteiger partial charge < -0.3 is 9.55 Å². The van der Waals surface area contributed by atoms with Crippen molar-refractivity contribution in [2.24, 2.45) is 0 Å². The first-order valence-electron chi connectivity index (χ1n) is 6.02. The van der Waals surface area contributed by atoms with Crippen LogP contribution in [0, 0.1) is 4.77 Å². The monoisotopic (exact) mass is 289 g/mol. The summed E-state index contributed by atoms with van der Waals surface area (Å²) in [5.41, 5.74) is 2.98. The van der Waals surface area contributed by atoms with E-state index in [1.807, 2.05) is 41.0 Å². The highest BCUT2D eigenvalue weighted by Crippen LogP contribution is 2.23. The molecule has 0 bridgehead atoms. The van der Waals surface area contributed by atoms with Gasteiger partial charge in [0.2, 0.25) is 0 Å². The summed E-state index contributed by atoms with van der Waals surface area (Å²) in [7, 11) is 0. The summed E-state index contributed by atoms with van der Waals surface area (Å²) >= 11 is 11.6. The third kappa shape index (κ3) is 2.41. The first-order valence-corrected chi connectivity index (χ1v) is 6.81. The molecule has 0 amide bonds. The van der Waals surface area contributed by atoms with Crippen LogP contribution in [0.3, 0.4) is 0 Å². The molecule has 0 aliphatic heterocycles. The number of H-pyrrole nitrogens is 1. The van der Waals surface area contributed by atoms with E-state index >= 15 is 0 Å². The third-order valence-electron chi connectivity index (χ3n) is 3.06. The SMILES string of the molecule is S=c1[nH]c2cccc(Cl)c2n1CCc1ccccn1. The van der Waals surface area contributed by atoms with Crippen LogP contribution in [-0.4, -0.2) is 14.5 Å². The summed E-state index contributed by atoms with van der Waals surface area (Å²) in [6, 6.07) is 11.7. The minimum absolute atomic E-state index is 0.694. The first kappa shape index (κ1) is 12.4. The standard InChI is InChI=1S/C14H12ClN3S/c15-11-5-3-6-12-13(11)18(14(19)17-12)9-7-10-4-1-2-8-16-10/h1-6,8H,7,9H2,(H,17,19). The van der Waals surface area contributed by atoms with E-state index in [1.165, 1.54) is 0 Å². The molecule has 0 atom stereocenters. The summed E-state index contributed by atoms with van der Waals surface area (Å²) in [5, 5.41) is 0.714. The molecule has 0 unspecified atom stereocenters. The first-order chi connectivity index (χ1) is 9.25. The number of hydrogen-bond donors (Lipinski definition) is 1. The van der Waals surface area contributed by atoms with E-state index in [9.17, 15) is 0 Å². The maximum absolute atomic E-state index is 6.25. The van der Waals surface area contributed by atoms with Crippen molar-refractivity contribution in [3.05, 3.63) is 58.1 Å². The Balaban J connectivity index is 1.97. The molecule has 0 aliphatic carbocycles. The maximum Gasteiger partial charge on any atom is 0.178 e. The Bertz CT molecular complexity index is 761. The molecular weight excluding hydrogens is 278 g/mol. The summed E-state index contributed by atoms with van der Waals surface area (Å²) in [6.07, 6.45) is 2.63. The van der Waals surface area contributed by atoms with Crippen LogP contribution in [0.25, 0.3) is 11.0 Å². The molecule has 1 aromatic carbocycles. The van der Waals surface area contributed by atoms with Gasteiger partial charge in [0.1, 0.15) is 0 Å². The van der Waals surface area contributed by atoms with Crippen molar-refractivity contribution in [3.63, 3.8) is 0 Å². The van der Waals surface area contributed by atoms with Crippen LogP contribution in [0.2, 0.25) is 5.02 Å². The molecule has 0 saturated carbocycles. The normalized spacial score (nSPS) is 11.0. The Morgan fingerprint density at radius 3 is 2.89 bits per heavy atom. The summed E-state index contributed by atoms with van der Waals surface area (Å²) in [4.78, 5) is 7.50. The predicted molar refractivity (Wildman–Crippen MR) is 80.1 cm³/mol. The van der Waals surface area contributed by atoms with Gasteiger partial charge in [-0.15, -0.1) is 0 Å². The van der Waals surface area contributed by atoms with Gasteiger partial charge in [0.05, 0.1) is 16.1 Å². The van der Waals surface area contributed by atoms with E-state index in [0.717, 1.165) is 29.7 Å². The number of para-hydroxylation sites is 1. The number of aromatic nitrogens is 3. The summed E-state index contributed by atoms with van der Waals surface area (Å²) in [6.45, 7) is 0.763. The highest BCUT2D eigenvalue weighted by atomic mass is 35.5. The molecule has 3 aromatic rings. The van der Waals surface area contributed by atoms with E-state index in [-0.39, 0.29) is 0 Å². The number of imidazole rings is 1. The lowest BCUT2D eigenvalue weighted by Gasteiger charge is -2.05. The number of hydrogen-bond acceptors (Lipinski definition) is 2. The number of rotatable bonds is 3. The van der Waals surface area contributed by atoms with Gasteiger partial charge in [0, 0.05) is 24.9 Å². The topological polar surface area (TPSA) is 33.6 Å². The van der Waals surface area contributed by atoms with Crippen molar-refractivity contribution >= 4 is 34.9 Å². The molecule has 0 aliphatic rings. The van der Waals surface area contributed by atoms with Gasteiger partial charge in [0.15, 0.2) is 4.77 Å². The molecule has 3 nitrogen and oxygen atoms in total. The average molecular weight is 290 g/mol.